The molecule has 2 aromatic carbocycles. The predicted molar refractivity (Wildman–Crippen MR) is 71.7 cm³/mol. The zero-order valence-corrected chi connectivity index (χ0v) is 10.6. The summed E-state index contributed by atoms with van der Waals surface area (Å²) in [5.41, 5.74) is 5.19. The first-order chi connectivity index (χ1) is 9.51. The normalized spacial score (nSPS) is 10.2. The van der Waals surface area contributed by atoms with Gasteiger partial charge in [0, 0.05) is 11.6 Å². The molecule has 4 nitrogen and oxygen atoms in total. The topological polar surface area (TPSA) is 64.3 Å². The van der Waals surface area contributed by atoms with Gasteiger partial charge in [0.1, 0.15) is 17.4 Å². The zero-order valence-electron chi connectivity index (χ0n) is 10.6. The van der Waals surface area contributed by atoms with Crippen molar-refractivity contribution in [3.8, 4) is 5.75 Å². The van der Waals surface area contributed by atoms with E-state index >= 15 is 0 Å². The molecule has 20 heavy (non-hydrogen) atoms. The van der Waals surface area contributed by atoms with Crippen LogP contribution >= 0.6 is 0 Å². The molecule has 0 aliphatic carbocycles. The highest BCUT2D eigenvalue weighted by molar-refractivity contribution is 6.04. The van der Waals surface area contributed by atoms with Crippen molar-refractivity contribution in [3.05, 3.63) is 53.6 Å². The Morgan fingerprint density at radius 1 is 1.20 bits per heavy atom. The summed E-state index contributed by atoms with van der Waals surface area (Å²) < 4.78 is 31.5. The molecule has 0 aliphatic rings. The Morgan fingerprint density at radius 2 is 1.95 bits per heavy atom. The molecule has 0 fully saturated rings. The standard InChI is InChI=1S/C14H12F2N2O2/c1-20-9-4-2-3-8(5-9)14(19)18-13-7-12(17)10(15)6-11(13)16/h2-7H,17H2,1H3,(H,18,19). The first kappa shape index (κ1) is 13.8. The molecule has 0 saturated carbocycles. The van der Waals surface area contributed by atoms with Crippen LogP contribution in [0.1, 0.15) is 10.4 Å². The summed E-state index contributed by atoms with van der Waals surface area (Å²) >= 11 is 0. The zero-order chi connectivity index (χ0) is 14.7. The molecule has 6 heteroatoms. The predicted octanol–water partition coefficient (Wildman–Crippen LogP) is 2.81. The van der Waals surface area contributed by atoms with Crippen molar-refractivity contribution in [2.24, 2.45) is 0 Å². The van der Waals surface area contributed by atoms with Crippen LogP contribution in [0.2, 0.25) is 0 Å². The SMILES string of the molecule is COc1cccc(C(=O)Nc2cc(N)c(F)cc2F)c1. The van der Waals surface area contributed by atoms with E-state index in [2.05, 4.69) is 5.32 Å². The molecule has 0 aromatic heterocycles. The van der Waals surface area contributed by atoms with Gasteiger partial charge in [0.15, 0.2) is 0 Å². The monoisotopic (exact) mass is 278 g/mol. The number of nitrogen functional groups attached to an aromatic ring is 1. The van der Waals surface area contributed by atoms with E-state index in [0.717, 1.165) is 6.07 Å². The van der Waals surface area contributed by atoms with Crippen LogP contribution in [0.5, 0.6) is 5.75 Å². The second-order valence-corrected chi connectivity index (χ2v) is 4.04. The number of rotatable bonds is 3. The fraction of sp³-hybridized carbons (Fsp3) is 0.0714. The summed E-state index contributed by atoms with van der Waals surface area (Å²) in [6.45, 7) is 0. The Labute approximate surface area is 114 Å². The van der Waals surface area contributed by atoms with Gasteiger partial charge in [0.25, 0.3) is 5.91 Å². The second-order valence-electron chi connectivity index (χ2n) is 4.04. The Kier molecular flexibility index (Phi) is 3.84. The van der Waals surface area contributed by atoms with Crippen molar-refractivity contribution in [3.63, 3.8) is 0 Å². The Balaban J connectivity index is 2.25. The lowest BCUT2D eigenvalue weighted by atomic mass is 10.2. The van der Waals surface area contributed by atoms with Gasteiger partial charge in [-0.15, -0.1) is 0 Å². The van der Waals surface area contributed by atoms with E-state index in [9.17, 15) is 13.6 Å². The maximum Gasteiger partial charge on any atom is 0.255 e. The molecule has 0 heterocycles. The number of hydrogen-bond acceptors (Lipinski definition) is 3. The summed E-state index contributed by atoms with van der Waals surface area (Å²) in [6.07, 6.45) is 0. The number of anilines is 2. The molecule has 0 saturated heterocycles. The van der Waals surface area contributed by atoms with Gasteiger partial charge >= 0.3 is 0 Å². The third-order valence-electron chi connectivity index (χ3n) is 2.67. The van der Waals surface area contributed by atoms with Crippen LogP contribution < -0.4 is 15.8 Å². The van der Waals surface area contributed by atoms with Gasteiger partial charge in [-0.25, -0.2) is 8.78 Å². The van der Waals surface area contributed by atoms with Crippen LogP contribution in [-0.4, -0.2) is 13.0 Å². The number of nitrogens with two attached hydrogens (primary N) is 1. The van der Waals surface area contributed by atoms with Gasteiger partial charge in [-0.2, -0.15) is 0 Å². The summed E-state index contributed by atoms with van der Waals surface area (Å²) in [7, 11) is 1.47. The summed E-state index contributed by atoms with van der Waals surface area (Å²) in [4.78, 5) is 12.0. The summed E-state index contributed by atoms with van der Waals surface area (Å²) in [5, 5.41) is 2.33. The summed E-state index contributed by atoms with van der Waals surface area (Å²) in [6, 6.07) is 8.00. The number of hydrogen-bond donors (Lipinski definition) is 2. The van der Waals surface area contributed by atoms with E-state index in [1.807, 2.05) is 0 Å². The number of amides is 1. The van der Waals surface area contributed by atoms with E-state index < -0.39 is 17.5 Å². The first-order valence-corrected chi connectivity index (χ1v) is 5.71. The van der Waals surface area contributed by atoms with Crippen molar-refractivity contribution >= 4 is 17.3 Å². The molecule has 104 valence electrons. The van der Waals surface area contributed by atoms with Crippen LogP contribution in [0.25, 0.3) is 0 Å². The molecule has 2 rings (SSSR count). The van der Waals surface area contributed by atoms with Gasteiger partial charge in [0.05, 0.1) is 18.5 Å². The highest BCUT2D eigenvalue weighted by Crippen LogP contribution is 2.22. The van der Waals surface area contributed by atoms with E-state index in [1.165, 1.54) is 13.2 Å². The van der Waals surface area contributed by atoms with Crippen LogP contribution in [0.15, 0.2) is 36.4 Å². The van der Waals surface area contributed by atoms with Gasteiger partial charge in [-0.1, -0.05) is 6.07 Å². The second kappa shape index (κ2) is 5.56. The number of halogens is 2. The van der Waals surface area contributed by atoms with Gasteiger partial charge in [-0.3, -0.25) is 4.79 Å². The van der Waals surface area contributed by atoms with Gasteiger partial charge in [0.2, 0.25) is 0 Å². The molecular weight excluding hydrogens is 266 g/mol. The van der Waals surface area contributed by atoms with E-state index in [0.29, 0.717) is 11.8 Å². The molecule has 0 radical (unpaired) electrons. The maximum atomic E-state index is 13.5. The average molecular weight is 278 g/mol. The maximum absolute atomic E-state index is 13.5. The molecule has 0 atom stereocenters. The molecule has 2 aromatic rings. The number of ether oxygens (including phenoxy) is 1. The molecular formula is C14H12F2N2O2. The highest BCUT2D eigenvalue weighted by atomic mass is 19.1. The van der Waals surface area contributed by atoms with Crippen LogP contribution in [0.4, 0.5) is 20.2 Å². The van der Waals surface area contributed by atoms with E-state index in [-0.39, 0.29) is 16.9 Å². The number of carbonyl (C=O) groups excluding carboxylic acids is 1. The van der Waals surface area contributed by atoms with E-state index in [4.69, 9.17) is 10.5 Å². The highest BCUT2D eigenvalue weighted by Gasteiger charge is 2.12. The molecule has 3 N–H and O–H groups in total. The minimum Gasteiger partial charge on any atom is -0.497 e. The number of benzene rings is 2. The lowest BCUT2D eigenvalue weighted by Gasteiger charge is -2.09. The average Bonchev–Trinajstić information content (AvgIpc) is 2.44. The smallest absolute Gasteiger partial charge is 0.255 e. The van der Waals surface area contributed by atoms with Crippen molar-refractivity contribution < 1.29 is 18.3 Å². The minimum absolute atomic E-state index is 0.184. The Hall–Kier alpha value is -2.63. The Bertz CT molecular complexity index is 660. The lowest BCUT2D eigenvalue weighted by Crippen LogP contribution is -2.13. The van der Waals surface area contributed by atoms with Gasteiger partial charge < -0.3 is 15.8 Å². The van der Waals surface area contributed by atoms with Crippen LogP contribution in [0.3, 0.4) is 0 Å². The van der Waals surface area contributed by atoms with Gasteiger partial charge in [-0.05, 0) is 24.3 Å². The van der Waals surface area contributed by atoms with Crippen molar-refractivity contribution in [2.45, 2.75) is 0 Å². The number of carbonyl (C=O) groups is 1. The van der Waals surface area contributed by atoms with Crippen molar-refractivity contribution in [1.82, 2.24) is 0 Å². The summed E-state index contributed by atoms with van der Waals surface area (Å²) in [5.74, 6) is -1.82. The molecule has 0 aliphatic heterocycles. The quantitative estimate of drug-likeness (QED) is 0.848. The van der Waals surface area contributed by atoms with Crippen molar-refractivity contribution in [2.75, 3.05) is 18.2 Å². The fourth-order valence-corrected chi connectivity index (χ4v) is 1.62. The molecule has 0 spiro atoms. The minimum atomic E-state index is -0.895. The fourth-order valence-electron chi connectivity index (χ4n) is 1.62. The Morgan fingerprint density at radius 3 is 2.65 bits per heavy atom. The molecule has 1 amide bonds. The number of methoxy groups -OCH3 is 1. The largest absolute Gasteiger partial charge is 0.497 e. The third-order valence-corrected chi connectivity index (χ3v) is 2.67. The lowest BCUT2D eigenvalue weighted by molar-refractivity contribution is 0.102. The number of nitrogens with one attached hydrogen (secondary N) is 1. The first-order valence-electron chi connectivity index (χ1n) is 5.71. The molecule has 0 bridgehead atoms. The van der Waals surface area contributed by atoms with Crippen LogP contribution in [0, 0.1) is 11.6 Å². The van der Waals surface area contributed by atoms with Crippen molar-refractivity contribution in [1.29, 1.82) is 0 Å². The van der Waals surface area contributed by atoms with E-state index in [1.54, 1.807) is 18.2 Å². The van der Waals surface area contributed by atoms with Crippen LogP contribution in [-0.2, 0) is 0 Å². The molecule has 0 unspecified atom stereocenters. The third kappa shape index (κ3) is 2.85.